The van der Waals surface area contributed by atoms with Gasteiger partial charge < -0.3 is 27.5 Å². The molecule has 0 atom stereocenters. The van der Waals surface area contributed by atoms with Crippen molar-refractivity contribution in [3.63, 3.8) is 0 Å². The molecule has 0 saturated heterocycles. The van der Waals surface area contributed by atoms with Crippen molar-refractivity contribution in [2.24, 2.45) is 0 Å². The molecule has 0 aliphatic heterocycles. The molecule has 1 aliphatic carbocycles. The van der Waals surface area contributed by atoms with Gasteiger partial charge in [0.1, 0.15) is 0 Å². The first-order valence-electron chi connectivity index (χ1n) is 7.67. The summed E-state index contributed by atoms with van der Waals surface area (Å²) in [4.78, 5) is 0. The van der Waals surface area contributed by atoms with Crippen molar-refractivity contribution >= 4 is 8.80 Å². The summed E-state index contributed by atoms with van der Waals surface area (Å²) >= 11 is 0. The molecule has 1 aliphatic rings. The van der Waals surface area contributed by atoms with Crippen LogP contribution in [0.4, 0.5) is 0 Å². The Labute approximate surface area is 129 Å². The second-order valence-corrected chi connectivity index (χ2v) is 8.00. The van der Waals surface area contributed by atoms with Gasteiger partial charge >= 0.3 is 8.80 Å². The highest BCUT2D eigenvalue weighted by molar-refractivity contribution is 6.62. The second-order valence-electron chi connectivity index (χ2n) is 5.11. The van der Waals surface area contributed by atoms with Crippen LogP contribution < -0.4 is 0 Å². The van der Waals surface area contributed by atoms with E-state index < -0.39 is 8.80 Å². The fraction of sp³-hybridized carbons (Fsp3) is 1.00. The molecule has 7 heteroatoms. The van der Waals surface area contributed by atoms with Crippen LogP contribution in [0.3, 0.4) is 0 Å². The lowest BCUT2D eigenvalue weighted by Crippen LogP contribution is -2.51. The summed E-state index contributed by atoms with van der Waals surface area (Å²) in [5.74, 6) is 0. The lowest BCUT2D eigenvalue weighted by Gasteiger charge is -2.34. The summed E-state index contributed by atoms with van der Waals surface area (Å²) in [5.41, 5.74) is 0.378. The maximum Gasteiger partial charge on any atom is 0.504 e. The molecule has 1 rings (SSSR count). The SMILES string of the molecule is COCCO[Si](OCCOC)(OCCOC)C1CCCC1. The third-order valence-corrected chi connectivity index (χ3v) is 7.02. The van der Waals surface area contributed by atoms with Gasteiger partial charge in [0.25, 0.3) is 0 Å². The minimum absolute atomic E-state index is 0.378. The van der Waals surface area contributed by atoms with Crippen molar-refractivity contribution < 1.29 is 27.5 Å². The normalized spacial score (nSPS) is 16.7. The highest BCUT2D eigenvalue weighted by Crippen LogP contribution is 2.40. The minimum atomic E-state index is -2.71. The molecule has 0 aromatic heterocycles. The van der Waals surface area contributed by atoms with Crippen LogP contribution in [-0.2, 0) is 27.5 Å². The lowest BCUT2D eigenvalue weighted by molar-refractivity contribution is 0.00808. The predicted molar refractivity (Wildman–Crippen MR) is 81.5 cm³/mol. The highest BCUT2D eigenvalue weighted by atomic mass is 28.4. The zero-order chi connectivity index (χ0) is 15.4. The summed E-state index contributed by atoms with van der Waals surface area (Å²) in [6.45, 7) is 3.13. The van der Waals surface area contributed by atoms with Crippen LogP contribution in [0.25, 0.3) is 0 Å². The molecule has 6 nitrogen and oxygen atoms in total. The van der Waals surface area contributed by atoms with Crippen LogP contribution in [0, 0.1) is 0 Å². The van der Waals surface area contributed by atoms with Gasteiger partial charge in [0.05, 0.1) is 39.6 Å². The Morgan fingerprint density at radius 2 is 1.05 bits per heavy atom. The molecule has 126 valence electrons. The zero-order valence-corrected chi connectivity index (χ0v) is 14.6. The quantitative estimate of drug-likeness (QED) is 0.381. The van der Waals surface area contributed by atoms with Gasteiger partial charge in [0.2, 0.25) is 0 Å². The molecule has 0 unspecified atom stereocenters. The van der Waals surface area contributed by atoms with Crippen molar-refractivity contribution in [3.8, 4) is 0 Å². The fourth-order valence-corrected chi connectivity index (χ4v) is 5.74. The van der Waals surface area contributed by atoms with E-state index in [1.807, 2.05) is 0 Å². The van der Waals surface area contributed by atoms with E-state index in [1.165, 1.54) is 12.8 Å². The van der Waals surface area contributed by atoms with E-state index in [9.17, 15) is 0 Å². The van der Waals surface area contributed by atoms with Crippen LogP contribution in [0.15, 0.2) is 0 Å². The Morgan fingerprint density at radius 1 is 0.667 bits per heavy atom. The van der Waals surface area contributed by atoms with Crippen LogP contribution >= 0.6 is 0 Å². The van der Waals surface area contributed by atoms with Gasteiger partial charge in [-0.2, -0.15) is 0 Å². The molecule has 0 spiro atoms. The molecule has 0 heterocycles. The monoisotopic (exact) mass is 322 g/mol. The average molecular weight is 322 g/mol. The van der Waals surface area contributed by atoms with Gasteiger partial charge in [-0.1, -0.05) is 12.8 Å². The minimum Gasteiger partial charge on any atom is -0.382 e. The molecule has 0 N–H and O–H groups in total. The zero-order valence-electron chi connectivity index (χ0n) is 13.6. The maximum absolute atomic E-state index is 6.11. The van der Waals surface area contributed by atoms with Crippen molar-refractivity contribution in [3.05, 3.63) is 0 Å². The standard InChI is InChI=1S/C14H30O6Si/c1-15-8-11-18-21(19-12-9-16-2,20-13-10-17-3)14-6-4-5-7-14/h14H,4-13H2,1-3H3. The molecule has 0 aromatic rings. The van der Waals surface area contributed by atoms with Gasteiger partial charge in [-0.05, 0) is 12.8 Å². The van der Waals surface area contributed by atoms with Gasteiger partial charge in [0.15, 0.2) is 0 Å². The van der Waals surface area contributed by atoms with Gasteiger partial charge in [0, 0.05) is 26.9 Å². The van der Waals surface area contributed by atoms with Crippen molar-refractivity contribution in [1.29, 1.82) is 0 Å². The second kappa shape index (κ2) is 11.5. The van der Waals surface area contributed by atoms with E-state index in [2.05, 4.69) is 0 Å². The highest BCUT2D eigenvalue weighted by Gasteiger charge is 2.50. The number of hydrogen-bond acceptors (Lipinski definition) is 6. The molecule has 1 saturated carbocycles. The number of rotatable bonds is 13. The maximum atomic E-state index is 6.11. The molecule has 1 fully saturated rings. The topological polar surface area (TPSA) is 55.4 Å². The van der Waals surface area contributed by atoms with Gasteiger partial charge in [-0.25, -0.2) is 0 Å². The van der Waals surface area contributed by atoms with Crippen molar-refractivity contribution in [2.75, 3.05) is 61.0 Å². The summed E-state index contributed by atoms with van der Waals surface area (Å²) in [5, 5.41) is 0. The molecule has 21 heavy (non-hydrogen) atoms. The molecular formula is C14H30O6Si. The van der Waals surface area contributed by atoms with Crippen LogP contribution in [0.1, 0.15) is 25.7 Å². The molecule has 0 amide bonds. The average Bonchev–Trinajstić information content (AvgIpc) is 3.02. The molecule has 0 radical (unpaired) electrons. The Balaban J connectivity index is 2.66. The van der Waals surface area contributed by atoms with Crippen molar-refractivity contribution in [2.45, 2.75) is 31.2 Å². The number of ether oxygens (including phenoxy) is 3. The van der Waals surface area contributed by atoms with Gasteiger partial charge in [-0.3, -0.25) is 0 Å². The van der Waals surface area contributed by atoms with E-state index in [4.69, 9.17) is 27.5 Å². The largest absolute Gasteiger partial charge is 0.504 e. The smallest absolute Gasteiger partial charge is 0.382 e. The lowest BCUT2D eigenvalue weighted by atomic mass is 10.4. The van der Waals surface area contributed by atoms with E-state index in [0.717, 1.165) is 12.8 Å². The van der Waals surface area contributed by atoms with E-state index >= 15 is 0 Å². The summed E-state index contributed by atoms with van der Waals surface area (Å²) < 4.78 is 33.6. The predicted octanol–water partition coefficient (Wildman–Crippen LogP) is 1.86. The first-order valence-corrected chi connectivity index (χ1v) is 9.48. The first-order chi connectivity index (χ1) is 10.3. The number of methoxy groups -OCH3 is 3. The molecular weight excluding hydrogens is 292 g/mol. The van der Waals surface area contributed by atoms with Crippen LogP contribution in [0.5, 0.6) is 0 Å². The fourth-order valence-electron chi connectivity index (χ4n) is 2.56. The summed E-state index contributed by atoms with van der Waals surface area (Å²) in [7, 11) is 2.29. The van der Waals surface area contributed by atoms with E-state index in [-0.39, 0.29) is 0 Å². The Morgan fingerprint density at radius 3 is 1.38 bits per heavy atom. The Bertz CT molecular complexity index is 221. The van der Waals surface area contributed by atoms with Crippen LogP contribution in [0.2, 0.25) is 5.54 Å². The first kappa shape index (κ1) is 19.0. The van der Waals surface area contributed by atoms with E-state index in [0.29, 0.717) is 45.2 Å². The van der Waals surface area contributed by atoms with Crippen molar-refractivity contribution in [1.82, 2.24) is 0 Å². The van der Waals surface area contributed by atoms with Crippen LogP contribution in [-0.4, -0.2) is 69.8 Å². The third kappa shape index (κ3) is 6.73. The molecule has 0 aromatic carbocycles. The Kier molecular flexibility index (Phi) is 10.4. The molecule has 0 bridgehead atoms. The summed E-state index contributed by atoms with van der Waals surface area (Å²) in [6.07, 6.45) is 4.65. The third-order valence-electron chi connectivity index (χ3n) is 3.63. The van der Waals surface area contributed by atoms with Gasteiger partial charge in [-0.15, -0.1) is 0 Å². The summed E-state index contributed by atoms with van der Waals surface area (Å²) in [6, 6.07) is 0. The Hall–Kier alpha value is -0.0231. The number of hydrogen-bond donors (Lipinski definition) is 0. The van der Waals surface area contributed by atoms with E-state index in [1.54, 1.807) is 21.3 Å².